The smallest absolute Gasteiger partial charge is 0.262 e. The van der Waals surface area contributed by atoms with Gasteiger partial charge >= 0.3 is 0 Å². The quantitative estimate of drug-likeness (QED) is 0.373. The van der Waals surface area contributed by atoms with E-state index in [0.29, 0.717) is 21.8 Å². The molecule has 3 aromatic rings. The van der Waals surface area contributed by atoms with E-state index < -0.39 is 10.0 Å². The number of fused-ring (bicyclic) bond motifs is 1. The fourth-order valence-corrected chi connectivity index (χ4v) is 4.85. The van der Waals surface area contributed by atoms with Crippen molar-refractivity contribution in [2.75, 3.05) is 12.3 Å². The third-order valence-electron chi connectivity index (χ3n) is 3.97. The largest absolute Gasteiger partial charge is 0.285 e. The van der Waals surface area contributed by atoms with Crippen molar-refractivity contribution in [2.24, 2.45) is 0 Å². The van der Waals surface area contributed by atoms with Crippen LogP contribution in [0.4, 0.5) is 0 Å². The Morgan fingerprint density at radius 3 is 2.44 bits per heavy atom. The van der Waals surface area contributed by atoms with Crippen molar-refractivity contribution < 1.29 is 8.42 Å². The SMILES string of the molecule is CC(C)n1c(SCCNS(=O)(=O)c2ccccc2)nc2ccccc2c1=O. The first-order chi connectivity index (χ1) is 12.9. The van der Waals surface area contributed by atoms with Gasteiger partial charge in [-0.2, -0.15) is 0 Å². The Morgan fingerprint density at radius 1 is 1.07 bits per heavy atom. The molecule has 0 saturated carbocycles. The molecule has 0 aliphatic carbocycles. The van der Waals surface area contributed by atoms with Gasteiger partial charge in [0.25, 0.3) is 5.56 Å². The predicted octanol–water partition coefficient (Wildman–Crippen LogP) is 3.05. The summed E-state index contributed by atoms with van der Waals surface area (Å²) in [6, 6.07) is 15.4. The second-order valence-electron chi connectivity index (χ2n) is 6.24. The third kappa shape index (κ3) is 4.40. The molecule has 0 unspecified atom stereocenters. The Bertz CT molecular complexity index is 1090. The average molecular weight is 404 g/mol. The zero-order valence-corrected chi connectivity index (χ0v) is 16.8. The fourth-order valence-electron chi connectivity index (χ4n) is 2.68. The topological polar surface area (TPSA) is 81.1 Å². The first kappa shape index (κ1) is 19.6. The Labute approximate surface area is 162 Å². The van der Waals surface area contributed by atoms with Crippen LogP contribution in [-0.4, -0.2) is 30.3 Å². The van der Waals surface area contributed by atoms with Crippen LogP contribution in [-0.2, 0) is 10.0 Å². The van der Waals surface area contributed by atoms with E-state index in [1.165, 1.54) is 11.8 Å². The highest BCUT2D eigenvalue weighted by molar-refractivity contribution is 7.99. The molecular formula is C19H21N3O3S2. The number of sulfonamides is 1. The van der Waals surface area contributed by atoms with Gasteiger partial charge in [0.05, 0.1) is 15.8 Å². The molecule has 0 radical (unpaired) electrons. The molecule has 2 aromatic carbocycles. The molecule has 0 spiro atoms. The zero-order chi connectivity index (χ0) is 19.4. The molecule has 1 N–H and O–H groups in total. The lowest BCUT2D eigenvalue weighted by Gasteiger charge is -2.16. The van der Waals surface area contributed by atoms with Crippen LogP contribution in [0.1, 0.15) is 19.9 Å². The fraction of sp³-hybridized carbons (Fsp3) is 0.263. The van der Waals surface area contributed by atoms with Crippen molar-refractivity contribution in [3.63, 3.8) is 0 Å². The maximum Gasteiger partial charge on any atom is 0.262 e. The zero-order valence-electron chi connectivity index (χ0n) is 15.1. The molecule has 1 aromatic heterocycles. The van der Waals surface area contributed by atoms with E-state index in [9.17, 15) is 13.2 Å². The Balaban J connectivity index is 1.75. The van der Waals surface area contributed by atoms with Crippen LogP contribution in [0, 0.1) is 0 Å². The summed E-state index contributed by atoms with van der Waals surface area (Å²) in [5, 5.41) is 1.17. The lowest BCUT2D eigenvalue weighted by atomic mass is 10.2. The highest BCUT2D eigenvalue weighted by atomic mass is 32.2. The lowest BCUT2D eigenvalue weighted by Crippen LogP contribution is -2.27. The molecule has 0 amide bonds. The Morgan fingerprint density at radius 2 is 1.74 bits per heavy atom. The summed E-state index contributed by atoms with van der Waals surface area (Å²) in [5.41, 5.74) is 0.565. The van der Waals surface area contributed by atoms with Gasteiger partial charge in [-0.25, -0.2) is 18.1 Å². The molecule has 142 valence electrons. The molecule has 0 bridgehead atoms. The number of para-hydroxylation sites is 1. The van der Waals surface area contributed by atoms with Gasteiger partial charge < -0.3 is 0 Å². The van der Waals surface area contributed by atoms with Crippen LogP contribution in [0.3, 0.4) is 0 Å². The van der Waals surface area contributed by atoms with Crippen LogP contribution in [0.2, 0.25) is 0 Å². The van der Waals surface area contributed by atoms with Gasteiger partial charge in [-0.3, -0.25) is 9.36 Å². The van der Waals surface area contributed by atoms with Crippen molar-refractivity contribution >= 4 is 32.7 Å². The molecule has 1 heterocycles. The molecule has 8 heteroatoms. The lowest BCUT2D eigenvalue weighted by molar-refractivity contribution is 0.519. The van der Waals surface area contributed by atoms with Gasteiger partial charge in [0.15, 0.2) is 5.16 Å². The monoisotopic (exact) mass is 403 g/mol. The third-order valence-corrected chi connectivity index (χ3v) is 6.40. The Hall–Kier alpha value is -2.16. The number of rotatable bonds is 7. The van der Waals surface area contributed by atoms with Crippen molar-refractivity contribution in [1.82, 2.24) is 14.3 Å². The molecule has 6 nitrogen and oxygen atoms in total. The summed E-state index contributed by atoms with van der Waals surface area (Å²) >= 11 is 1.37. The minimum absolute atomic E-state index is 0.0434. The van der Waals surface area contributed by atoms with E-state index in [-0.39, 0.29) is 23.0 Å². The maximum absolute atomic E-state index is 12.8. The molecule has 0 fully saturated rings. The molecule has 0 atom stereocenters. The van der Waals surface area contributed by atoms with Crippen LogP contribution in [0.15, 0.2) is 69.4 Å². The maximum atomic E-state index is 12.8. The summed E-state index contributed by atoms with van der Waals surface area (Å²) < 4.78 is 28.7. The van der Waals surface area contributed by atoms with Crippen molar-refractivity contribution in [3.8, 4) is 0 Å². The van der Waals surface area contributed by atoms with Crippen LogP contribution in [0.25, 0.3) is 10.9 Å². The average Bonchev–Trinajstić information content (AvgIpc) is 2.66. The number of hydrogen-bond acceptors (Lipinski definition) is 5. The standard InChI is InChI=1S/C19H21N3O3S2/c1-14(2)22-18(23)16-10-6-7-11-17(16)21-19(22)26-13-12-20-27(24,25)15-8-4-3-5-9-15/h3-11,14,20H,12-13H2,1-2H3. The number of nitrogens with zero attached hydrogens (tertiary/aromatic N) is 2. The van der Waals surface area contributed by atoms with Gasteiger partial charge in [-0.15, -0.1) is 0 Å². The Kier molecular flexibility index (Phi) is 5.98. The highest BCUT2D eigenvalue weighted by Crippen LogP contribution is 2.20. The molecule has 0 saturated heterocycles. The van der Waals surface area contributed by atoms with E-state index in [2.05, 4.69) is 9.71 Å². The van der Waals surface area contributed by atoms with Crippen LogP contribution >= 0.6 is 11.8 Å². The summed E-state index contributed by atoms with van der Waals surface area (Å²) in [6.07, 6.45) is 0. The predicted molar refractivity (Wildman–Crippen MR) is 109 cm³/mol. The van der Waals surface area contributed by atoms with Gasteiger partial charge in [-0.1, -0.05) is 42.1 Å². The summed E-state index contributed by atoms with van der Waals surface area (Å²) in [4.78, 5) is 17.6. The number of thioether (sulfide) groups is 1. The van der Waals surface area contributed by atoms with Crippen LogP contribution in [0.5, 0.6) is 0 Å². The summed E-state index contributed by atoms with van der Waals surface area (Å²) in [6.45, 7) is 4.10. The minimum Gasteiger partial charge on any atom is -0.285 e. The first-order valence-corrected chi connectivity index (χ1v) is 11.1. The highest BCUT2D eigenvalue weighted by Gasteiger charge is 2.15. The first-order valence-electron chi connectivity index (χ1n) is 8.59. The van der Waals surface area contributed by atoms with Gasteiger partial charge in [0.2, 0.25) is 10.0 Å². The molecule has 0 aliphatic rings. The van der Waals surface area contributed by atoms with E-state index >= 15 is 0 Å². The van der Waals surface area contributed by atoms with Crippen LogP contribution < -0.4 is 10.3 Å². The van der Waals surface area contributed by atoms with E-state index in [1.54, 1.807) is 41.0 Å². The van der Waals surface area contributed by atoms with Crippen molar-refractivity contribution in [3.05, 3.63) is 65.0 Å². The van der Waals surface area contributed by atoms with E-state index in [4.69, 9.17) is 0 Å². The second-order valence-corrected chi connectivity index (χ2v) is 9.07. The van der Waals surface area contributed by atoms with Crippen molar-refractivity contribution in [1.29, 1.82) is 0 Å². The van der Waals surface area contributed by atoms with Gasteiger partial charge in [0.1, 0.15) is 0 Å². The van der Waals surface area contributed by atoms with Crippen molar-refractivity contribution in [2.45, 2.75) is 29.9 Å². The van der Waals surface area contributed by atoms with E-state index in [1.807, 2.05) is 32.0 Å². The molecular weight excluding hydrogens is 382 g/mol. The number of hydrogen-bond donors (Lipinski definition) is 1. The normalized spacial score (nSPS) is 12.0. The second kappa shape index (κ2) is 8.24. The minimum atomic E-state index is -3.54. The summed E-state index contributed by atoms with van der Waals surface area (Å²) in [5.74, 6) is 0.462. The molecule has 0 aliphatic heterocycles. The van der Waals surface area contributed by atoms with Gasteiger partial charge in [-0.05, 0) is 38.1 Å². The molecule has 3 rings (SSSR count). The number of aromatic nitrogens is 2. The van der Waals surface area contributed by atoms with Gasteiger partial charge in [0, 0.05) is 18.3 Å². The number of benzene rings is 2. The van der Waals surface area contributed by atoms with E-state index in [0.717, 1.165) is 0 Å². The summed E-state index contributed by atoms with van der Waals surface area (Å²) in [7, 11) is -3.54. The molecule has 27 heavy (non-hydrogen) atoms. The number of nitrogens with one attached hydrogen (secondary N) is 1.